The van der Waals surface area contributed by atoms with E-state index in [0.29, 0.717) is 17.4 Å². The molecular weight excluding hydrogens is 320 g/mol. The van der Waals surface area contributed by atoms with Crippen LogP contribution in [0.4, 0.5) is 11.4 Å². The Kier molecular flexibility index (Phi) is 6.71. The van der Waals surface area contributed by atoms with Crippen LogP contribution in [0.25, 0.3) is 0 Å². The Morgan fingerprint density at radius 3 is 2.40 bits per heavy atom. The van der Waals surface area contributed by atoms with Crippen LogP contribution in [0.2, 0.25) is 0 Å². The fourth-order valence-electron chi connectivity index (χ4n) is 1.79. The second kappa shape index (κ2) is 7.09. The smallest absolute Gasteiger partial charge is 0.312 e. The molecule has 1 aromatic carbocycles. The van der Waals surface area contributed by atoms with E-state index in [9.17, 15) is 4.79 Å². The van der Waals surface area contributed by atoms with Crippen molar-refractivity contribution < 1.29 is 26.5 Å². The zero-order valence-electron chi connectivity index (χ0n) is 12.9. The van der Waals surface area contributed by atoms with Crippen LogP contribution in [0, 0.1) is 0 Å². The maximum atomic E-state index is 11.7. The Bertz CT molecular complexity index is 453. The summed E-state index contributed by atoms with van der Waals surface area (Å²) in [6, 6.07) is 7.75. The summed E-state index contributed by atoms with van der Waals surface area (Å²) >= 11 is 0. The van der Waals surface area contributed by atoms with Crippen LogP contribution < -0.4 is 27.2 Å². The van der Waals surface area contributed by atoms with E-state index in [1.165, 1.54) is 0 Å². The molecule has 4 nitrogen and oxygen atoms in total. The Morgan fingerprint density at radius 1 is 1.30 bits per heavy atom. The molecule has 0 amide bonds. The summed E-state index contributed by atoms with van der Waals surface area (Å²) in [5, 5.41) is 0. The summed E-state index contributed by atoms with van der Waals surface area (Å²) in [6.45, 7) is 6.31. The largest absolute Gasteiger partial charge is 1.00 e. The number of nitrogens with zero attached hydrogens (tertiary/aromatic N) is 1. The molecule has 0 radical (unpaired) electrons. The van der Waals surface area contributed by atoms with Gasteiger partial charge in [0, 0.05) is 11.8 Å². The number of nitrogen functional groups attached to an aromatic ring is 1. The number of esters is 1. The highest BCUT2D eigenvalue weighted by Crippen LogP contribution is 2.22. The Morgan fingerprint density at radius 2 is 1.90 bits per heavy atom. The number of benzene rings is 1. The molecule has 0 fully saturated rings. The van der Waals surface area contributed by atoms with Crippen molar-refractivity contribution in [3.8, 4) is 0 Å². The standard InChI is InChI=1S/C15H25N2O2.BrH/c1-15(2,3)19-14(18)9-10-17(4,5)13-8-6-7-12(16)11-13;/h6-8,11H,9-10,16H2,1-5H3;1H/q+1;/p-1. The molecule has 0 saturated carbocycles. The molecule has 0 saturated heterocycles. The normalized spacial score (nSPS) is 11.7. The lowest BCUT2D eigenvalue weighted by Gasteiger charge is -2.29. The maximum absolute atomic E-state index is 11.7. The van der Waals surface area contributed by atoms with Gasteiger partial charge in [0.15, 0.2) is 0 Å². The van der Waals surface area contributed by atoms with Crippen LogP contribution in [-0.2, 0) is 9.53 Å². The molecule has 0 aliphatic heterocycles. The van der Waals surface area contributed by atoms with E-state index in [1.807, 2.05) is 45.0 Å². The average molecular weight is 345 g/mol. The van der Waals surface area contributed by atoms with Crippen molar-refractivity contribution in [2.45, 2.75) is 32.8 Å². The number of ether oxygens (including phenoxy) is 1. The molecule has 0 aliphatic rings. The molecule has 0 spiro atoms. The van der Waals surface area contributed by atoms with Crippen LogP contribution in [-0.4, -0.2) is 32.2 Å². The quantitative estimate of drug-likeness (QED) is 0.458. The van der Waals surface area contributed by atoms with E-state index in [4.69, 9.17) is 10.5 Å². The molecule has 2 N–H and O–H groups in total. The van der Waals surface area contributed by atoms with Gasteiger partial charge in [0.05, 0.1) is 27.1 Å². The molecule has 0 aromatic heterocycles. The van der Waals surface area contributed by atoms with Gasteiger partial charge in [0.1, 0.15) is 11.3 Å². The molecule has 5 heteroatoms. The molecule has 0 heterocycles. The molecule has 1 rings (SSSR count). The van der Waals surface area contributed by atoms with Gasteiger partial charge in [0.2, 0.25) is 0 Å². The summed E-state index contributed by atoms with van der Waals surface area (Å²) in [6.07, 6.45) is 0.388. The number of carbonyl (C=O) groups is 1. The lowest BCUT2D eigenvalue weighted by molar-refractivity contribution is -0.155. The van der Waals surface area contributed by atoms with Crippen LogP contribution in [0.1, 0.15) is 27.2 Å². The first-order chi connectivity index (χ1) is 8.60. The number of quaternary nitrogens is 1. The summed E-state index contributed by atoms with van der Waals surface area (Å²) < 4.78 is 5.92. The van der Waals surface area contributed by atoms with Crippen molar-refractivity contribution in [2.24, 2.45) is 0 Å². The Hall–Kier alpha value is -1.07. The van der Waals surface area contributed by atoms with Crippen molar-refractivity contribution in [1.29, 1.82) is 0 Å². The van der Waals surface area contributed by atoms with Gasteiger partial charge < -0.3 is 27.5 Å². The average Bonchev–Trinajstić information content (AvgIpc) is 2.24. The zero-order valence-corrected chi connectivity index (χ0v) is 14.5. The Balaban J connectivity index is 0.00000361. The first-order valence-electron chi connectivity index (χ1n) is 6.51. The van der Waals surface area contributed by atoms with E-state index < -0.39 is 5.60 Å². The fraction of sp³-hybridized carbons (Fsp3) is 0.533. The highest BCUT2D eigenvalue weighted by molar-refractivity contribution is 5.70. The van der Waals surface area contributed by atoms with Gasteiger partial charge in [-0.05, 0) is 32.9 Å². The van der Waals surface area contributed by atoms with E-state index in [2.05, 4.69) is 14.1 Å². The van der Waals surface area contributed by atoms with E-state index in [1.54, 1.807) is 0 Å². The monoisotopic (exact) mass is 344 g/mol. The molecule has 0 aliphatic carbocycles. The highest BCUT2D eigenvalue weighted by Gasteiger charge is 2.23. The van der Waals surface area contributed by atoms with Gasteiger partial charge >= 0.3 is 5.97 Å². The van der Waals surface area contributed by atoms with Crippen molar-refractivity contribution in [3.63, 3.8) is 0 Å². The third kappa shape index (κ3) is 6.39. The molecule has 1 aromatic rings. The van der Waals surface area contributed by atoms with Crippen LogP contribution in [0.3, 0.4) is 0 Å². The van der Waals surface area contributed by atoms with Crippen molar-refractivity contribution >= 4 is 17.3 Å². The van der Waals surface area contributed by atoms with Crippen molar-refractivity contribution in [2.75, 3.05) is 26.4 Å². The van der Waals surface area contributed by atoms with E-state index in [0.717, 1.165) is 11.4 Å². The molecule has 114 valence electrons. The number of hydrogen-bond acceptors (Lipinski definition) is 3. The van der Waals surface area contributed by atoms with Crippen molar-refractivity contribution in [1.82, 2.24) is 4.48 Å². The number of anilines is 1. The summed E-state index contributed by atoms with van der Waals surface area (Å²) in [5.74, 6) is -0.164. The van der Waals surface area contributed by atoms with E-state index >= 15 is 0 Å². The van der Waals surface area contributed by atoms with Crippen molar-refractivity contribution in [3.05, 3.63) is 24.3 Å². The minimum Gasteiger partial charge on any atom is -1.00 e. The second-order valence-corrected chi connectivity index (χ2v) is 6.34. The van der Waals surface area contributed by atoms with Gasteiger partial charge in [-0.15, -0.1) is 0 Å². The molecule has 20 heavy (non-hydrogen) atoms. The lowest BCUT2D eigenvalue weighted by Crippen LogP contribution is -3.00. The van der Waals surface area contributed by atoms with Gasteiger partial charge in [-0.2, -0.15) is 0 Å². The van der Waals surface area contributed by atoms with Gasteiger partial charge in [0.25, 0.3) is 0 Å². The summed E-state index contributed by atoms with van der Waals surface area (Å²) in [7, 11) is 4.11. The first kappa shape index (κ1) is 18.9. The fourth-order valence-corrected chi connectivity index (χ4v) is 1.79. The van der Waals surface area contributed by atoms with Gasteiger partial charge in [-0.1, -0.05) is 6.07 Å². The number of halogens is 1. The summed E-state index contributed by atoms with van der Waals surface area (Å²) in [5.41, 5.74) is 7.19. The lowest BCUT2D eigenvalue weighted by atomic mass is 10.2. The summed E-state index contributed by atoms with van der Waals surface area (Å²) in [4.78, 5) is 11.7. The van der Waals surface area contributed by atoms with Crippen LogP contribution >= 0.6 is 0 Å². The minimum atomic E-state index is -0.425. The van der Waals surface area contributed by atoms with Crippen LogP contribution in [0.5, 0.6) is 0 Å². The minimum absolute atomic E-state index is 0. The van der Waals surface area contributed by atoms with Crippen LogP contribution in [0.15, 0.2) is 24.3 Å². The topological polar surface area (TPSA) is 52.3 Å². The van der Waals surface area contributed by atoms with E-state index in [-0.39, 0.29) is 23.0 Å². The second-order valence-electron chi connectivity index (χ2n) is 6.34. The third-order valence-corrected chi connectivity index (χ3v) is 2.86. The third-order valence-electron chi connectivity index (χ3n) is 2.86. The molecular formula is C15H25BrN2O2. The Labute approximate surface area is 132 Å². The molecule has 0 bridgehead atoms. The SMILES string of the molecule is CC(C)(C)OC(=O)CC[N+](C)(C)c1cccc(N)c1.[Br-]. The molecule has 0 atom stereocenters. The number of nitrogens with two attached hydrogens (primary N) is 1. The van der Waals surface area contributed by atoms with Gasteiger partial charge in [-0.25, -0.2) is 0 Å². The number of hydrogen-bond donors (Lipinski definition) is 1. The maximum Gasteiger partial charge on any atom is 0.312 e. The highest BCUT2D eigenvalue weighted by atomic mass is 79.9. The van der Waals surface area contributed by atoms with Gasteiger partial charge in [-0.3, -0.25) is 9.28 Å². The first-order valence-corrected chi connectivity index (χ1v) is 6.51. The predicted octanol–water partition coefficient (Wildman–Crippen LogP) is -0.428. The number of rotatable bonds is 4. The molecule has 0 unspecified atom stereocenters. The zero-order chi connectivity index (χ0) is 14.7. The predicted molar refractivity (Wildman–Crippen MR) is 79.8 cm³/mol. The number of carbonyl (C=O) groups excluding carboxylic acids is 1.